The maximum absolute atomic E-state index is 12.5. The molecular weight excluding hydrogens is 382 g/mol. The molecule has 0 aliphatic carbocycles. The summed E-state index contributed by atoms with van der Waals surface area (Å²) in [5.74, 6) is 1.23. The Morgan fingerprint density at radius 3 is 2.26 bits per heavy atom. The summed E-state index contributed by atoms with van der Waals surface area (Å²) in [5.41, 5.74) is 0.701. The van der Waals surface area contributed by atoms with Gasteiger partial charge in [0.2, 0.25) is 10.0 Å². The number of hydrogen-bond acceptors (Lipinski definition) is 4. The molecule has 7 heteroatoms. The minimum atomic E-state index is -3.64. The van der Waals surface area contributed by atoms with Gasteiger partial charge in [-0.2, -0.15) is 0 Å². The highest BCUT2D eigenvalue weighted by atomic mass is 79.9. The molecule has 0 unspecified atom stereocenters. The summed E-state index contributed by atoms with van der Waals surface area (Å²) in [6.07, 6.45) is 0. The lowest BCUT2D eigenvalue weighted by Gasteiger charge is -2.18. The van der Waals surface area contributed by atoms with Gasteiger partial charge in [-0.1, -0.05) is 15.9 Å². The third-order valence-corrected chi connectivity index (χ3v) is 5.44. The van der Waals surface area contributed by atoms with Crippen LogP contribution in [0.3, 0.4) is 0 Å². The van der Waals surface area contributed by atoms with E-state index in [9.17, 15) is 8.42 Å². The highest BCUT2D eigenvalue weighted by Crippen LogP contribution is 2.30. The van der Waals surface area contributed by atoms with Crippen LogP contribution in [-0.2, 0) is 10.0 Å². The van der Waals surface area contributed by atoms with Crippen molar-refractivity contribution in [2.75, 3.05) is 14.2 Å². The van der Waals surface area contributed by atoms with Crippen LogP contribution in [0.1, 0.15) is 18.5 Å². The number of rotatable bonds is 6. The topological polar surface area (TPSA) is 64.6 Å². The first-order valence-corrected chi connectivity index (χ1v) is 9.15. The molecule has 0 aliphatic heterocycles. The second-order valence-corrected chi connectivity index (χ2v) is 7.53. The Hall–Kier alpha value is -1.57. The average molecular weight is 400 g/mol. The van der Waals surface area contributed by atoms with E-state index in [2.05, 4.69) is 20.7 Å². The zero-order valence-electron chi connectivity index (χ0n) is 13.0. The lowest BCUT2D eigenvalue weighted by Crippen LogP contribution is -2.27. The molecule has 0 aromatic heterocycles. The molecule has 0 amide bonds. The molecule has 2 rings (SSSR count). The summed E-state index contributed by atoms with van der Waals surface area (Å²) in [4.78, 5) is 0.203. The van der Waals surface area contributed by atoms with Gasteiger partial charge >= 0.3 is 0 Å². The number of halogens is 1. The number of hydrogen-bond donors (Lipinski definition) is 1. The SMILES string of the molecule is COc1ccc(OC)c([C@@H](C)NS(=O)(=O)c2ccc(Br)cc2)c1. The first kappa shape index (κ1) is 17.8. The summed E-state index contributed by atoms with van der Waals surface area (Å²) in [7, 11) is -0.535. The Bertz CT molecular complexity index is 775. The van der Waals surface area contributed by atoms with Crippen LogP contribution in [-0.4, -0.2) is 22.6 Å². The Labute approximate surface area is 144 Å². The molecule has 2 aromatic carbocycles. The average Bonchev–Trinajstić information content (AvgIpc) is 2.54. The van der Waals surface area contributed by atoms with E-state index in [0.29, 0.717) is 17.1 Å². The van der Waals surface area contributed by atoms with E-state index < -0.39 is 16.1 Å². The van der Waals surface area contributed by atoms with Crippen molar-refractivity contribution in [1.29, 1.82) is 0 Å². The van der Waals surface area contributed by atoms with Crippen LogP contribution in [0.25, 0.3) is 0 Å². The summed E-state index contributed by atoms with van der Waals surface area (Å²) < 4.78 is 38.9. The highest BCUT2D eigenvalue weighted by molar-refractivity contribution is 9.10. The van der Waals surface area contributed by atoms with Gasteiger partial charge in [0, 0.05) is 16.1 Å². The molecular formula is C16H18BrNO4S. The van der Waals surface area contributed by atoms with E-state index in [1.165, 1.54) is 0 Å². The number of benzene rings is 2. The van der Waals surface area contributed by atoms with Crippen molar-refractivity contribution in [3.8, 4) is 11.5 Å². The van der Waals surface area contributed by atoms with Crippen molar-refractivity contribution in [2.45, 2.75) is 17.9 Å². The third-order valence-electron chi connectivity index (χ3n) is 3.36. The Kier molecular flexibility index (Phi) is 5.67. The molecule has 2 aromatic rings. The van der Waals surface area contributed by atoms with Crippen molar-refractivity contribution < 1.29 is 17.9 Å². The van der Waals surface area contributed by atoms with Crippen molar-refractivity contribution in [3.05, 3.63) is 52.5 Å². The normalized spacial score (nSPS) is 12.7. The fourth-order valence-corrected chi connectivity index (χ4v) is 3.64. The van der Waals surface area contributed by atoms with Gasteiger partial charge in [-0.15, -0.1) is 0 Å². The van der Waals surface area contributed by atoms with Gasteiger partial charge in [-0.05, 0) is 49.4 Å². The van der Waals surface area contributed by atoms with Crippen LogP contribution in [0.15, 0.2) is 51.8 Å². The summed E-state index contributed by atoms with van der Waals surface area (Å²) >= 11 is 3.29. The largest absolute Gasteiger partial charge is 0.497 e. The van der Waals surface area contributed by atoms with Gasteiger partial charge in [-0.25, -0.2) is 13.1 Å². The van der Waals surface area contributed by atoms with Crippen molar-refractivity contribution in [3.63, 3.8) is 0 Å². The quantitative estimate of drug-likeness (QED) is 0.806. The molecule has 0 spiro atoms. The minimum Gasteiger partial charge on any atom is -0.497 e. The molecule has 1 N–H and O–H groups in total. The van der Waals surface area contributed by atoms with E-state index in [1.54, 1.807) is 63.6 Å². The van der Waals surface area contributed by atoms with E-state index >= 15 is 0 Å². The lowest BCUT2D eigenvalue weighted by atomic mass is 10.1. The van der Waals surface area contributed by atoms with Crippen LogP contribution in [0.2, 0.25) is 0 Å². The Morgan fingerprint density at radius 1 is 1.04 bits per heavy atom. The second-order valence-electron chi connectivity index (χ2n) is 4.90. The van der Waals surface area contributed by atoms with E-state index in [0.717, 1.165) is 4.47 Å². The Balaban J connectivity index is 2.30. The van der Waals surface area contributed by atoms with E-state index in [4.69, 9.17) is 9.47 Å². The van der Waals surface area contributed by atoms with Gasteiger partial charge in [0.05, 0.1) is 19.1 Å². The zero-order valence-corrected chi connectivity index (χ0v) is 15.4. The maximum Gasteiger partial charge on any atom is 0.241 e. The van der Waals surface area contributed by atoms with Crippen molar-refractivity contribution in [2.24, 2.45) is 0 Å². The molecule has 124 valence electrons. The van der Waals surface area contributed by atoms with Crippen molar-refractivity contribution in [1.82, 2.24) is 4.72 Å². The Morgan fingerprint density at radius 2 is 1.70 bits per heavy atom. The summed E-state index contributed by atoms with van der Waals surface area (Å²) in [6, 6.07) is 11.2. The lowest BCUT2D eigenvalue weighted by molar-refractivity contribution is 0.395. The van der Waals surface area contributed by atoms with Crippen LogP contribution in [0, 0.1) is 0 Å². The standard InChI is InChI=1S/C16H18BrNO4S/c1-11(15-10-13(21-2)6-9-16(15)22-3)18-23(19,20)14-7-4-12(17)5-8-14/h4-11,18H,1-3H3/t11-/m1/s1. The number of methoxy groups -OCH3 is 2. The molecule has 1 atom stereocenters. The zero-order chi connectivity index (χ0) is 17.0. The number of ether oxygens (including phenoxy) is 2. The smallest absolute Gasteiger partial charge is 0.241 e. The fraction of sp³-hybridized carbons (Fsp3) is 0.250. The summed E-state index contributed by atoms with van der Waals surface area (Å²) in [5, 5.41) is 0. The number of sulfonamides is 1. The first-order valence-electron chi connectivity index (χ1n) is 6.87. The minimum absolute atomic E-state index is 0.203. The van der Waals surface area contributed by atoms with Crippen LogP contribution in [0.5, 0.6) is 11.5 Å². The van der Waals surface area contributed by atoms with Crippen LogP contribution < -0.4 is 14.2 Å². The highest BCUT2D eigenvalue weighted by Gasteiger charge is 2.21. The predicted octanol–water partition coefficient (Wildman–Crippen LogP) is 3.51. The first-order chi connectivity index (χ1) is 10.9. The molecule has 23 heavy (non-hydrogen) atoms. The molecule has 0 aliphatic rings. The maximum atomic E-state index is 12.5. The van der Waals surface area contributed by atoms with Gasteiger partial charge in [0.25, 0.3) is 0 Å². The molecule has 0 saturated heterocycles. The van der Waals surface area contributed by atoms with Gasteiger partial charge in [0.15, 0.2) is 0 Å². The van der Waals surface area contributed by atoms with E-state index in [1.807, 2.05) is 0 Å². The second kappa shape index (κ2) is 7.33. The molecule has 0 heterocycles. The van der Waals surface area contributed by atoms with Gasteiger partial charge in [0.1, 0.15) is 11.5 Å². The molecule has 0 saturated carbocycles. The fourth-order valence-electron chi connectivity index (χ4n) is 2.16. The van der Waals surface area contributed by atoms with Gasteiger partial charge < -0.3 is 9.47 Å². The molecule has 0 fully saturated rings. The van der Waals surface area contributed by atoms with Crippen LogP contribution in [0.4, 0.5) is 0 Å². The molecule has 0 radical (unpaired) electrons. The monoisotopic (exact) mass is 399 g/mol. The van der Waals surface area contributed by atoms with Crippen molar-refractivity contribution >= 4 is 26.0 Å². The van der Waals surface area contributed by atoms with Crippen LogP contribution >= 0.6 is 15.9 Å². The van der Waals surface area contributed by atoms with E-state index in [-0.39, 0.29) is 4.90 Å². The number of nitrogens with one attached hydrogen (secondary N) is 1. The summed E-state index contributed by atoms with van der Waals surface area (Å²) in [6.45, 7) is 1.76. The third kappa shape index (κ3) is 4.25. The molecule has 5 nitrogen and oxygen atoms in total. The van der Waals surface area contributed by atoms with Gasteiger partial charge in [-0.3, -0.25) is 0 Å². The predicted molar refractivity (Wildman–Crippen MR) is 92.4 cm³/mol. The molecule has 0 bridgehead atoms.